The fourth-order valence-electron chi connectivity index (χ4n) is 2.30. The number of carbonyl (C=O) groups is 1. The number of nitrogens with two attached hydrogens (primary N) is 1. The summed E-state index contributed by atoms with van der Waals surface area (Å²) in [5, 5.41) is 0. The van der Waals surface area contributed by atoms with Crippen molar-refractivity contribution in [3.63, 3.8) is 0 Å². The highest BCUT2D eigenvalue weighted by Gasteiger charge is 2.24. The summed E-state index contributed by atoms with van der Waals surface area (Å²) in [6.07, 6.45) is 2.08. The van der Waals surface area contributed by atoms with Gasteiger partial charge >= 0.3 is 0 Å². The van der Waals surface area contributed by atoms with Crippen molar-refractivity contribution in [2.75, 3.05) is 19.7 Å². The van der Waals surface area contributed by atoms with E-state index in [0.717, 1.165) is 36.0 Å². The highest BCUT2D eigenvalue weighted by Crippen LogP contribution is 2.19. The summed E-state index contributed by atoms with van der Waals surface area (Å²) in [6.45, 7) is 2.06. The summed E-state index contributed by atoms with van der Waals surface area (Å²) >= 11 is 3.37. The van der Waals surface area contributed by atoms with Gasteiger partial charge in [-0.3, -0.25) is 4.79 Å². The molecule has 1 fully saturated rings. The molecule has 1 unspecified atom stereocenters. The summed E-state index contributed by atoms with van der Waals surface area (Å²) in [6, 6.07) is 7.46. The van der Waals surface area contributed by atoms with Crippen LogP contribution in [0.25, 0.3) is 0 Å². The lowest BCUT2D eigenvalue weighted by Gasteiger charge is -2.32. The Hall–Kier alpha value is -0.910. The maximum absolute atomic E-state index is 12.3. The first-order valence-corrected chi connectivity index (χ1v) is 6.86. The molecule has 0 bridgehead atoms. The monoisotopic (exact) mass is 312 g/mol. The summed E-state index contributed by atoms with van der Waals surface area (Å²) in [7, 11) is 0. The third kappa shape index (κ3) is 3.31. The number of piperidine rings is 1. The standard InChI is InChI=1S/C13H17BrN2O2/c14-12-5-3-11(4-6-12)13(17)16-7-1-2-10(8-16)9-18-15/h3-6,10H,1-2,7-9,15H2. The molecule has 0 aromatic heterocycles. The first kappa shape index (κ1) is 13.5. The van der Waals surface area contributed by atoms with Gasteiger partial charge in [0.25, 0.3) is 5.91 Å². The van der Waals surface area contributed by atoms with E-state index >= 15 is 0 Å². The summed E-state index contributed by atoms with van der Waals surface area (Å²) in [4.78, 5) is 18.9. The number of carbonyl (C=O) groups excluding carboxylic acids is 1. The van der Waals surface area contributed by atoms with E-state index in [9.17, 15) is 4.79 Å². The molecule has 98 valence electrons. The first-order chi connectivity index (χ1) is 8.70. The Bertz CT molecular complexity index is 406. The molecule has 0 aliphatic carbocycles. The zero-order chi connectivity index (χ0) is 13.0. The van der Waals surface area contributed by atoms with Crippen molar-refractivity contribution in [3.8, 4) is 0 Å². The number of nitrogens with zero attached hydrogens (tertiary/aromatic N) is 1. The van der Waals surface area contributed by atoms with Crippen molar-refractivity contribution in [2.24, 2.45) is 11.8 Å². The lowest BCUT2D eigenvalue weighted by Crippen LogP contribution is -2.41. The molecule has 0 spiro atoms. The molecule has 1 aliphatic heterocycles. The van der Waals surface area contributed by atoms with Crippen molar-refractivity contribution < 1.29 is 9.63 Å². The highest BCUT2D eigenvalue weighted by atomic mass is 79.9. The van der Waals surface area contributed by atoms with Crippen LogP contribution in [0.4, 0.5) is 0 Å². The molecular weight excluding hydrogens is 296 g/mol. The third-order valence-electron chi connectivity index (χ3n) is 3.23. The van der Waals surface area contributed by atoms with E-state index in [0.29, 0.717) is 12.5 Å². The Morgan fingerprint density at radius 2 is 2.17 bits per heavy atom. The van der Waals surface area contributed by atoms with E-state index in [4.69, 9.17) is 5.90 Å². The van der Waals surface area contributed by atoms with Gasteiger partial charge in [0.15, 0.2) is 0 Å². The summed E-state index contributed by atoms with van der Waals surface area (Å²) < 4.78 is 0.979. The van der Waals surface area contributed by atoms with Gasteiger partial charge in [-0.25, -0.2) is 5.90 Å². The maximum atomic E-state index is 12.3. The summed E-state index contributed by atoms with van der Waals surface area (Å²) in [5.41, 5.74) is 0.729. The van der Waals surface area contributed by atoms with E-state index in [1.807, 2.05) is 29.2 Å². The number of rotatable bonds is 3. The van der Waals surface area contributed by atoms with Crippen LogP contribution in [0.15, 0.2) is 28.7 Å². The van der Waals surface area contributed by atoms with Crippen molar-refractivity contribution in [1.82, 2.24) is 4.90 Å². The predicted molar refractivity (Wildman–Crippen MR) is 72.9 cm³/mol. The van der Waals surface area contributed by atoms with Crippen LogP contribution >= 0.6 is 15.9 Å². The van der Waals surface area contributed by atoms with Gasteiger partial charge in [0.2, 0.25) is 0 Å². The van der Waals surface area contributed by atoms with Gasteiger partial charge < -0.3 is 9.74 Å². The minimum absolute atomic E-state index is 0.0872. The van der Waals surface area contributed by atoms with Gasteiger partial charge in [-0.2, -0.15) is 0 Å². The fraction of sp³-hybridized carbons (Fsp3) is 0.462. The van der Waals surface area contributed by atoms with Gasteiger partial charge in [-0.15, -0.1) is 0 Å². The van der Waals surface area contributed by atoms with Crippen LogP contribution in [0.1, 0.15) is 23.2 Å². The quantitative estimate of drug-likeness (QED) is 0.870. The van der Waals surface area contributed by atoms with Gasteiger partial charge in [0.1, 0.15) is 0 Å². The van der Waals surface area contributed by atoms with Crippen LogP contribution in [-0.4, -0.2) is 30.5 Å². The topological polar surface area (TPSA) is 55.6 Å². The van der Waals surface area contributed by atoms with Crippen molar-refractivity contribution in [2.45, 2.75) is 12.8 Å². The van der Waals surface area contributed by atoms with Crippen LogP contribution in [0.2, 0.25) is 0 Å². The molecule has 2 rings (SSSR count). The molecule has 0 radical (unpaired) electrons. The Morgan fingerprint density at radius 3 is 2.83 bits per heavy atom. The van der Waals surface area contributed by atoms with E-state index in [-0.39, 0.29) is 5.91 Å². The minimum atomic E-state index is 0.0872. The molecule has 0 saturated carbocycles. The zero-order valence-corrected chi connectivity index (χ0v) is 11.7. The van der Waals surface area contributed by atoms with Crippen LogP contribution in [0.5, 0.6) is 0 Å². The average Bonchev–Trinajstić information content (AvgIpc) is 2.39. The number of halogens is 1. The Morgan fingerprint density at radius 1 is 1.44 bits per heavy atom. The zero-order valence-electron chi connectivity index (χ0n) is 10.1. The molecule has 1 aromatic rings. The highest BCUT2D eigenvalue weighted by molar-refractivity contribution is 9.10. The lowest BCUT2D eigenvalue weighted by molar-refractivity contribution is 0.0472. The lowest BCUT2D eigenvalue weighted by atomic mass is 9.98. The predicted octanol–water partition coefficient (Wildman–Crippen LogP) is 2.19. The summed E-state index contributed by atoms with van der Waals surface area (Å²) in [5.74, 6) is 5.54. The van der Waals surface area contributed by atoms with Crippen LogP contribution in [0, 0.1) is 5.92 Å². The fourth-order valence-corrected chi connectivity index (χ4v) is 2.56. The van der Waals surface area contributed by atoms with E-state index in [2.05, 4.69) is 20.8 Å². The average molecular weight is 313 g/mol. The minimum Gasteiger partial charge on any atom is -0.338 e. The number of hydrogen-bond donors (Lipinski definition) is 1. The molecule has 5 heteroatoms. The van der Waals surface area contributed by atoms with E-state index in [1.165, 1.54) is 0 Å². The number of hydrogen-bond acceptors (Lipinski definition) is 3. The molecule has 2 N–H and O–H groups in total. The van der Waals surface area contributed by atoms with Crippen LogP contribution < -0.4 is 5.90 Å². The van der Waals surface area contributed by atoms with Gasteiger partial charge in [-0.05, 0) is 37.1 Å². The number of amides is 1. The van der Waals surface area contributed by atoms with E-state index in [1.54, 1.807) is 0 Å². The second-order valence-corrected chi connectivity index (χ2v) is 5.52. The molecule has 18 heavy (non-hydrogen) atoms. The van der Waals surface area contributed by atoms with E-state index < -0.39 is 0 Å². The van der Waals surface area contributed by atoms with Gasteiger partial charge in [0.05, 0.1) is 6.61 Å². The molecule has 1 heterocycles. The second-order valence-electron chi connectivity index (χ2n) is 4.60. The van der Waals surface area contributed by atoms with Gasteiger partial charge in [0, 0.05) is 29.0 Å². The third-order valence-corrected chi connectivity index (χ3v) is 3.76. The van der Waals surface area contributed by atoms with Crippen molar-refractivity contribution >= 4 is 21.8 Å². The Balaban J connectivity index is 2.02. The largest absolute Gasteiger partial charge is 0.338 e. The second kappa shape index (κ2) is 6.31. The normalized spacial score (nSPS) is 19.9. The van der Waals surface area contributed by atoms with Crippen molar-refractivity contribution in [3.05, 3.63) is 34.3 Å². The number of benzene rings is 1. The smallest absolute Gasteiger partial charge is 0.253 e. The molecule has 1 saturated heterocycles. The molecule has 1 amide bonds. The van der Waals surface area contributed by atoms with Gasteiger partial charge in [-0.1, -0.05) is 15.9 Å². The molecule has 4 nitrogen and oxygen atoms in total. The molecule has 1 aromatic carbocycles. The molecular formula is C13H17BrN2O2. The molecule has 1 aliphatic rings. The maximum Gasteiger partial charge on any atom is 0.253 e. The number of likely N-dealkylation sites (tertiary alicyclic amines) is 1. The first-order valence-electron chi connectivity index (χ1n) is 6.07. The Kier molecular flexibility index (Phi) is 4.74. The van der Waals surface area contributed by atoms with Crippen molar-refractivity contribution in [1.29, 1.82) is 0 Å². The Labute approximate surface area is 115 Å². The molecule has 1 atom stereocenters. The van der Waals surface area contributed by atoms with Crippen LogP contribution in [0.3, 0.4) is 0 Å². The van der Waals surface area contributed by atoms with Crippen LogP contribution in [-0.2, 0) is 4.84 Å². The SMILES string of the molecule is NOCC1CCCN(C(=O)c2ccc(Br)cc2)C1.